The second kappa shape index (κ2) is 3.84. The fraction of sp³-hybridized carbons (Fsp3) is 0.273. The minimum atomic E-state index is -0.896. The van der Waals surface area contributed by atoms with Crippen LogP contribution in [0.1, 0.15) is 6.92 Å². The zero-order chi connectivity index (χ0) is 11.7. The van der Waals surface area contributed by atoms with Gasteiger partial charge in [-0.25, -0.2) is 4.98 Å². The summed E-state index contributed by atoms with van der Waals surface area (Å²) in [5, 5.41) is 11.7. The summed E-state index contributed by atoms with van der Waals surface area (Å²) in [6.45, 7) is 1.58. The summed E-state index contributed by atoms with van der Waals surface area (Å²) >= 11 is 0. The van der Waals surface area contributed by atoms with Gasteiger partial charge in [0.25, 0.3) is 0 Å². The van der Waals surface area contributed by atoms with Crippen LogP contribution in [0.2, 0.25) is 0 Å². The van der Waals surface area contributed by atoms with Gasteiger partial charge < -0.3 is 15.0 Å². The van der Waals surface area contributed by atoms with E-state index in [-0.39, 0.29) is 0 Å². The van der Waals surface area contributed by atoms with Gasteiger partial charge in [-0.1, -0.05) is 12.1 Å². The number of anilines is 1. The number of hydrogen-bond donors (Lipinski definition) is 2. The molecule has 0 saturated heterocycles. The summed E-state index contributed by atoms with van der Waals surface area (Å²) in [5.74, 6) is -0.330. The Kier molecular flexibility index (Phi) is 2.52. The van der Waals surface area contributed by atoms with Crippen molar-refractivity contribution in [2.75, 3.05) is 5.32 Å². The van der Waals surface area contributed by atoms with Gasteiger partial charge in [-0.2, -0.15) is 0 Å². The van der Waals surface area contributed by atoms with Crippen LogP contribution in [0.15, 0.2) is 24.3 Å². The van der Waals surface area contributed by atoms with E-state index in [1.807, 2.05) is 35.9 Å². The van der Waals surface area contributed by atoms with Gasteiger partial charge in [0.05, 0.1) is 11.0 Å². The molecular formula is C11H13N3O2. The van der Waals surface area contributed by atoms with E-state index in [1.165, 1.54) is 0 Å². The number of benzene rings is 1. The van der Waals surface area contributed by atoms with Crippen molar-refractivity contribution in [3.05, 3.63) is 24.3 Å². The molecule has 0 saturated carbocycles. The molecule has 0 fully saturated rings. The predicted octanol–water partition coefficient (Wildman–Crippen LogP) is 1.46. The first-order valence-corrected chi connectivity index (χ1v) is 5.00. The number of hydrogen-bond acceptors (Lipinski definition) is 3. The lowest BCUT2D eigenvalue weighted by Crippen LogP contribution is -2.26. The number of carboxylic acid groups (broad SMARTS) is 1. The highest BCUT2D eigenvalue weighted by molar-refractivity contribution is 5.80. The number of carboxylic acids is 1. The Hall–Kier alpha value is -2.04. The van der Waals surface area contributed by atoms with Gasteiger partial charge in [0, 0.05) is 7.05 Å². The van der Waals surface area contributed by atoms with E-state index in [1.54, 1.807) is 6.92 Å². The lowest BCUT2D eigenvalue weighted by atomic mass is 10.3. The number of para-hydroxylation sites is 2. The largest absolute Gasteiger partial charge is 0.480 e. The normalized spacial score (nSPS) is 12.6. The fourth-order valence-electron chi connectivity index (χ4n) is 1.53. The average molecular weight is 219 g/mol. The molecule has 16 heavy (non-hydrogen) atoms. The van der Waals surface area contributed by atoms with Crippen molar-refractivity contribution in [3.8, 4) is 0 Å². The summed E-state index contributed by atoms with van der Waals surface area (Å²) in [6, 6.07) is 7.01. The van der Waals surface area contributed by atoms with Crippen LogP contribution in [-0.4, -0.2) is 26.7 Å². The molecule has 0 aliphatic carbocycles. The molecule has 1 heterocycles. The highest BCUT2D eigenvalue weighted by Crippen LogP contribution is 2.17. The number of aromatic nitrogens is 2. The van der Waals surface area contributed by atoms with Gasteiger partial charge in [0.15, 0.2) is 0 Å². The van der Waals surface area contributed by atoms with Crippen LogP contribution in [0.4, 0.5) is 5.95 Å². The number of fused-ring (bicyclic) bond motifs is 1. The summed E-state index contributed by atoms with van der Waals surface area (Å²) in [6.07, 6.45) is 0. The monoisotopic (exact) mass is 219 g/mol. The fourth-order valence-corrected chi connectivity index (χ4v) is 1.53. The van der Waals surface area contributed by atoms with E-state index in [0.29, 0.717) is 5.95 Å². The van der Waals surface area contributed by atoms with Crippen molar-refractivity contribution in [1.29, 1.82) is 0 Å². The second-order valence-electron chi connectivity index (χ2n) is 3.69. The zero-order valence-corrected chi connectivity index (χ0v) is 9.14. The van der Waals surface area contributed by atoms with Crippen molar-refractivity contribution in [2.45, 2.75) is 13.0 Å². The molecule has 2 rings (SSSR count). The molecule has 5 heteroatoms. The van der Waals surface area contributed by atoms with Crippen molar-refractivity contribution in [1.82, 2.24) is 9.55 Å². The molecule has 2 aromatic rings. The molecule has 5 nitrogen and oxygen atoms in total. The zero-order valence-electron chi connectivity index (χ0n) is 9.14. The molecule has 84 valence electrons. The average Bonchev–Trinajstić information content (AvgIpc) is 2.56. The van der Waals surface area contributed by atoms with Gasteiger partial charge in [0.1, 0.15) is 6.04 Å². The van der Waals surface area contributed by atoms with Crippen LogP contribution in [0.5, 0.6) is 0 Å². The summed E-state index contributed by atoms with van der Waals surface area (Å²) in [5.41, 5.74) is 1.83. The van der Waals surface area contributed by atoms with Gasteiger partial charge in [-0.15, -0.1) is 0 Å². The topological polar surface area (TPSA) is 67.2 Å². The van der Waals surface area contributed by atoms with E-state index in [4.69, 9.17) is 5.11 Å². The van der Waals surface area contributed by atoms with Crippen LogP contribution >= 0.6 is 0 Å². The van der Waals surface area contributed by atoms with Crippen LogP contribution in [0.25, 0.3) is 11.0 Å². The molecule has 0 aliphatic rings. The molecular weight excluding hydrogens is 206 g/mol. The predicted molar refractivity (Wildman–Crippen MR) is 61.4 cm³/mol. The van der Waals surface area contributed by atoms with Crippen LogP contribution in [0, 0.1) is 0 Å². The number of imidazole rings is 1. The van der Waals surface area contributed by atoms with E-state index in [0.717, 1.165) is 11.0 Å². The van der Waals surface area contributed by atoms with Crippen molar-refractivity contribution in [3.63, 3.8) is 0 Å². The molecule has 1 atom stereocenters. The highest BCUT2D eigenvalue weighted by Gasteiger charge is 2.14. The Morgan fingerprint density at radius 2 is 2.19 bits per heavy atom. The Balaban J connectivity index is 2.38. The maximum absolute atomic E-state index is 10.7. The van der Waals surface area contributed by atoms with Gasteiger partial charge in [-0.05, 0) is 19.1 Å². The molecule has 0 radical (unpaired) electrons. The first kappa shape index (κ1) is 10.5. The standard InChI is InChI=1S/C11H13N3O2/c1-7(10(15)16)12-11-13-8-5-3-4-6-9(8)14(11)2/h3-7H,1-2H3,(H,12,13)(H,15,16)/t7-/m1/s1. The van der Waals surface area contributed by atoms with Crippen LogP contribution in [-0.2, 0) is 11.8 Å². The van der Waals surface area contributed by atoms with Gasteiger partial charge in [-0.3, -0.25) is 4.79 Å². The van der Waals surface area contributed by atoms with Gasteiger partial charge in [0.2, 0.25) is 5.95 Å². The molecule has 1 aromatic heterocycles. The summed E-state index contributed by atoms with van der Waals surface area (Å²) in [7, 11) is 1.85. The van der Waals surface area contributed by atoms with E-state index < -0.39 is 12.0 Å². The second-order valence-corrected chi connectivity index (χ2v) is 3.69. The first-order chi connectivity index (χ1) is 7.59. The lowest BCUT2D eigenvalue weighted by Gasteiger charge is -2.09. The third-order valence-electron chi connectivity index (χ3n) is 2.50. The minimum Gasteiger partial charge on any atom is -0.480 e. The molecule has 0 unspecified atom stereocenters. The van der Waals surface area contributed by atoms with Crippen LogP contribution < -0.4 is 5.32 Å². The first-order valence-electron chi connectivity index (χ1n) is 5.00. The van der Waals surface area contributed by atoms with Gasteiger partial charge >= 0.3 is 5.97 Å². The van der Waals surface area contributed by atoms with Crippen molar-refractivity contribution in [2.24, 2.45) is 7.05 Å². The number of aliphatic carboxylic acids is 1. The van der Waals surface area contributed by atoms with E-state index in [2.05, 4.69) is 10.3 Å². The minimum absolute atomic E-state index is 0.566. The Morgan fingerprint density at radius 3 is 2.81 bits per heavy atom. The Morgan fingerprint density at radius 1 is 1.50 bits per heavy atom. The quantitative estimate of drug-likeness (QED) is 0.820. The SMILES string of the molecule is C[C@@H](Nc1nc2ccccc2n1C)C(=O)O. The van der Waals surface area contributed by atoms with Crippen molar-refractivity contribution < 1.29 is 9.90 Å². The van der Waals surface area contributed by atoms with E-state index in [9.17, 15) is 4.79 Å². The lowest BCUT2D eigenvalue weighted by molar-refractivity contribution is -0.137. The molecule has 0 spiro atoms. The molecule has 0 bridgehead atoms. The maximum atomic E-state index is 10.7. The van der Waals surface area contributed by atoms with E-state index >= 15 is 0 Å². The number of aryl methyl sites for hydroxylation is 1. The maximum Gasteiger partial charge on any atom is 0.325 e. The molecule has 0 amide bonds. The third-order valence-corrected chi connectivity index (χ3v) is 2.50. The molecule has 0 aliphatic heterocycles. The number of nitrogens with zero attached hydrogens (tertiary/aromatic N) is 2. The third kappa shape index (κ3) is 1.71. The molecule has 1 aromatic carbocycles. The highest BCUT2D eigenvalue weighted by atomic mass is 16.4. The summed E-state index contributed by atoms with van der Waals surface area (Å²) < 4.78 is 1.84. The smallest absolute Gasteiger partial charge is 0.325 e. The van der Waals surface area contributed by atoms with Crippen LogP contribution in [0.3, 0.4) is 0 Å². The van der Waals surface area contributed by atoms with Crippen molar-refractivity contribution >= 4 is 23.0 Å². The Bertz CT molecular complexity index is 533. The summed E-state index contributed by atoms with van der Waals surface area (Å²) in [4.78, 5) is 15.1. The molecule has 2 N–H and O–H groups in total. The number of rotatable bonds is 3. The Labute approximate surface area is 92.7 Å². The number of carbonyl (C=O) groups is 1. The number of nitrogens with one attached hydrogen (secondary N) is 1.